The smallest absolute Gasteiger partial charge is 0.306 e. The van der Waals surface area contributed by atoms with Gasteiger partial charge in [-0.1, -0.05) is 372 Å². The summed E-state index contributed by atoms with van der Waals surface area (Å²) in [7, 11) is 0. The van der Waals surface area contributed by atoms with Crippen LogP contribution in [0, 0.1) is 0 Å². The number of hydrogen-bond acceptors (Lipinski definition) is 6. The molecule has 6 heteroatoms. The van der Waals surface area contributed by atoms with E-state index >= 15 is 0 Å². The summed E-state index contributed by atoms with van der Waals surface area (Å²) < 4.78 is 16.9. The van der Waals surface area contributed by atoms with E-state index in [4.69, 9.17) is 14.2 Å². The predicted molar refractivity (Wildman–Crippen MR) is 358 cm³/mol. The van der Waals surface area contributed by atoms with E-state index < -0.39 is 6.10 Å². The summed E-state index contributed by atoms with van der Waals surface area (Å²) in [6, 6.07) is 0. The van der Waals surface area contributed by atoms with Crippen molar-refractivity contribution in [2.24, 2.45) is 0 Å². The standard InChI is InChI=1S/C76H142O6/c1-4-7-10-13-16-18-20-22-24-26-28-30-32-34-35-36-37-38-39-40-41-43-44-46-48-50-52-54-56-58-60-63-66-69-75(78)81-72-73(71-80-74(77)68-65-62-15-12-9-6-3)82-76(79)70-67-64-61-59-57-55-53-51-49-47-45-42-33-31-29-27-25-23-21-19-17-14-11-8-5-2/h20,22,26,28,32,34,73H,4-19,21,23-25,27,29-31,33,35-72H2,1-3H3/b22-20-,28-26-,34-32-. The van der Waals surface area contributed by atoms with Crippen LogP contribution in [0.25, 0.3) is 0 Å². The summed E-state index contributed by atoms with van der Waals surface area (Å²) in [5.74, 6) is -0.846. The Labute approximate surface area is 512 Å². The van der Waals surface area contributed by atoms with Gasteiger partial charge in [0.2, 0.25) is 0 Å². The highest BCUT2D eigenvalue weighted by Gasteiger charge is 2.19. The summed E-state index contributed by atoms with van der Waals surface area (Å²) in [6.45, 7) is 6.64. The van der Waals surface area contributed by atoms with E-state index in [-0.39, 0.29) is 31.1 Å². The molecule has 1 unspecified atom stereocenters. The number of ether oxygens (including phenoxy) is 3. The monoisotopic (exact) mass is 1150 g/mol. The first-order chi connectivity index (χ1) is 40.5. The van der Waals surface area contributed by atoms with Gasteiger partial charge in [-0.05, 0) is 57.8 Å². The minimum atomic E-state index is -0.766. The van der Waals surface area contributed by atoms with Crippen LogP contribution >= 0.6 is 0 Å². The van der Waals surface area contributed by atoms with Crippen molar-refractivity contribution in [3.8, 4) is 0 Å². The highest BCUT2D eigenvalue weighted by Crippen LogP contribution is 2.19. The first kappa shape index (κ1) is 79.6. The lowest BCUT2D eigenvalue weighted by Crippen LogP contribution is -2.30. The Morgan fingerprint density at radius 2 is 0.439 bits per heavy atom. The van der Waals surface area contributed by atoms with Gasteiger partial charge in [-0.15, -0.1) is 0 Å². The maximum absolute atomic E-state index is 12.9. The third kappa shape index (κ3) is 68.4. The molecule has 1 atom stereocenters. The molecule has 0 N–H and O–H groups in total. The molecule has 0 aliphatic carbocycles. The molecule has 6 nitrogen and oxygen atoms in total. The minimum Gasteiger partial charge on any atom is -0.462 e. The highest BCUT2D eigenvalue weighted by atomic mass is 16.6. The molecule has 0 bridgehead atoms. The summed E-state index contributed by atoms with van der Waals surface area (Å²) in [4.78, 5) is 38.1. The molecule has 0 heterocycles. The Morgan fingerprint density at radius 1 is 0.244 bits per heavy atom. The van der Waals surface area contributed by atoms with Crippen LogP contribution in [0.2, 0.25) is 0 Å². The molecule has 0 saturated heterocycles. The van der Waals surface area contributed by atoms with Gasteiger partial charge in [0.25, 0.3) is 0 Å². The molecule has 82 heavy (non-hydrogen) atoms. The molecule has 0 aromatic carbocycles. The maximum atomic E-state index is 12.9. The topological polar surface area (TPSA) is 78.9 Å². The van der Waals surface area contributed by atoms with Gasteiger partial charge in [-0.25, -0.2) is 0 Å². The third-order valence-corrected chi connectivity index (χ3v) is 16.9. The number of carbonyl (C=O) groups excluding carboxylic acids is 3. The van der Waals surface area contributed by atoms with Gasteiger partial charge < -0.3 is 14.2 Å². The van der Waals surface area contributed by atoms with Crippen molar-refractivity contribution in [3.63, 3.8) is 0 Å². The van der Waals surface area contributed by atoms with Crippen LogP contribution in [0.3, 0.4) is 0 Å². The Hall–Kier alpha value is -2.37. The fraction of sp³-hybridized carbons (Fsp3) is 0.882. The Balaban J connectivity index is 3.93. The SMILES string of the molecule is CCCCCCC/C=C\C/C=C\C/C=C\CCCCCCCCCCCCCCCCCCCCC(=O)OCC(COC(=O)CCCCCCCC)OC(=O)CCCCCCCCCCCCCCCCCCCCCCCCCCC. The lowest BCUT2D eigenvalue weighted by atomic mass is 10.0. The van der Waals surface area contributed by atoms with Crippen molar-refractivity contribution in [2.75, 3.05) is 13.2 Å². The first-order valence-corrected chi connectivity index (χ1v) is 37.0. The van der Waals surface area contributed by atoms with Gasteiger partial charge in [0, 0.05) is 19.3 Å². The summed E-state index contributed by atoms with van der Waals surface area (Å²) in [5, 5.41) is 0. The minimum absolute atomic E-state index is 0.0656. The van der Waals surface area contributed by atoms with Crippen LogP contribution in [0.5, 0.6) is 0 Å². The van der Waals surface area contributed by atoms with Gasteiger partial charge in [0.15, 0.2) is 6.10 Å². The maximum Gasteiger partial charge on any atom is 0.306 e. The third-order valence-electron chi connectivity index (χ3n) is 16.9. The number of unbranched alkanes of at least 4 members (excludes halogenated alkanes) is 52. The van der Waals surface area contributed by atoms with Gasteiger partial charge >= 0.3 is 17.9 Å². The molecule has 0 aromatic heterocycles. The molecule has 0 rings (SSSR count). The van der Waals surface area contributed by atoms with Gasteiger partial charge in [-0.2, -0.15) is 0 Å². The second-order valence-corrected chi connectivity index (χ2v) is 25.2. The zero-order valence-corrected chi connectivity index (χ0v) is 55.5. The molecule has 0 fully saturated rings. The quantitative estimate of drug-likeness (QED) is 0.0261. The van der Waals surface area contributed by atoms with E-state index in [9.17, 15) is 14.4 Å². The molecule has 0 amide bonds. The number of allylic oxidation sites excluding steroid dienone is 6. The van der Waals surface area contributed by atoms with E-state index in [1.165, 1.54) is 302 Å². The van der Waals surface area contributed by atoms with E-state index in [1.54, 1.807) is 0 Å². The van der Waals surface area contributed by atoms with Crippen LogP contribution in [0.15, 0.2) is 36.5 Å². The number of carbonyl (C=O) groups is 3. The number of rotatable bonds is 69. The van der Waals surface area contributed by atoms with Crippen molar-refractivity contribution < 1.29 is 28.6 Å². The molecule has 0 spiro atoms. The Morgan fingerprint density at radius 3 is 0.683 bits per heavy atom. The second kappa shape index (κ2) is 71.1. The zero-order valence-electron chi connectivity index (χ0n) is 55.5. The summed E-state index contributed by atoms with van der Waals surface area (Å²) in [6.07, 6.45) is 89.5. The summed E-state index contributed by atoms with van der Waals surface area (Å²) in [5.41, 5.74) is 0. The lowest BCUT2D eigenvalue weighted by molar-refractivity contribution is -0.167. The lowest BCUT2D eigenvalue weighted by Gasteiger charge is -2.18. The average molecular weight is 1150 g/mol. The van der Waals surface area contributed by atoms with Crippen molar-refractivity contribution in [1.29, 1.82) is 0 Å². The van der Waals surface area contributed by atoms with Crippen molar-refractivity contribution in [1.82, 2.24) is 0 Å². The van der Waals surface area contributed by atoms with E-state index in [0.29, 0.717) is 19.3 Å². The fourth-order valence-electron chi connectivity index (χ4n) is 11.3. The van der Waals surface area contributed by atoms with Gasteiger partial charge in [-0.3, -0.25) is 14.4 Å². The second-order valence-electron chi connectivity index (χ2n) is 25.2. The molecular formula is C76H142O6. The number of hydrogen-bond donors (Lipinski definition) is 0. The molecule has 482 valence electrons. The highest BCUT2D eigenvalue weighted by molar-refractivity contribution is 5.71. The van der Waals surface area contributed by atoms with Gasteiger partial charge in [0.05, 0.1) is 0 Å². The molecule has 0 aliphatic heterocycles. The molecule has 0 aliphatic rings. The van der Waals surface area contributed by atoms with E-state index in [2.05, 4.69) is 57.2 Å². The number of esters is 3. The van der Waals surface area contributed by atoms with Crippen LogP contribution in [0.1, 0.15) is 412 Å². The molecule has 0 saturated carbocycles. The zero-order chi connectivity index (χ0) is 59.2. The van der Waals surface area contributed by atoms with Crippen LogP contribution < -0.4 is 0 Å². The molecule has 0 aromatic rings. The first-order valence-electron chi connectivity index (χ1n) is 37.0. The van der Waals surface area contributed by atoms with Crippen LogP contribution in [-0.2, 0) is 28.6 Å². The fourth-order valence-corrected chi connectivity index (χ4v) is 11.3. The largest absolute Gasteiger partial charge is 0.462 e. The Kier molecular flexibility index (Phi) is 69.1. The van der Waals surface area contributed by atoms with Crippen molar-refractivity contribution in [3.05, 3.63) is 36.5 Å². The van der Waals surface area contributed by atoms with E-state index in [0.717, 1.165) is 70.6 Å². The molecule has 0 radical (unpaired) electrons. The van der Waals surface area contributed by atoms with Gasteiger partial charge in [0.1, 0.15) is 13.2 Å². The van der Waals surface area contributed by atoms with Crippen LogP contribution in [-0.4, -0.2) is 37.2 Å². The molecular weight excluding hydrogens is 1010 g/mol. The average Bonchev–Trinajstić information content (AvgIpc) is 3.47. The van der Waals surface area contributed by atoms with Crippen molar-refractivity contribution in [2.45, 2.75) is 419 Å². The van der Waals surface area contributed by atoms with Crippen molar-refractivity contribution >= 4 is 17.9 Å². The van der Waals surface area contributed by atoms with Crippen LogP contribution in [0.4, 0.5) is 0 Å². The normalized spacial score (nSPS) is 12.2. The van der Waals surface area contributed by atoms with E-state index in [1.807, 2.05) is 0 Å². The Bertz CT molecular complexity index is 1370. The summed E-state index contributed by atoms with van der Waals surface area (Å²) >= 11 is 0. The predicted octanol–water partition coefficient (Wildman–Crippen LogP) is 25.5.